The molecule has 1 aliphatic heterocycles. The number of para-hydroxylation sites is 1. The third-order valence-electron chi connectivity index (χ3n) is 5.00. The third-order valence-corrected chi connectivity index (χ3v) is 5.31. The van der Waals surface area contributed by atoms with Gasteiger partial charge in [0.25, 0.3) is 0 Å². The van der Waals surface area contributed by atoms with E-state index in [2.05, 4.69) is 21.2 Å². The summed E-state index contributed by atoms with van der Waals surface area (Å²) < 4.78 is 5.77. The van der Waals surface area contributed by atoms with Crippen LogP contribution in [0.3, 0.4) is 0 Å². The molecule has 0 unspecified atom stereocenters. The molecular formula is C22H28ClN3O2. The summed E-state index contributed by atoms with van der Waals surface area (Å²) in [5.41, 5.74) is 3.14. The van der Waals surface area contributed by atoms with E-state index in [1.807, 2.05) is 50.2 Å². The second-order valence-electron chi connectivity index (χ2n) is 7.26. The zero-order valence-electron chi connectivity index (χ0n) is 16.6. The van der Waals surface area contributed by atoms with Crippen molar-refractivity contribution in [1.29, 1.82) is 0 Å². The number of halogens is 1. The van der Waals surface area contributed by atoms with Gasteiger partial charge >= 0.3 is 0 Å². The van der Waals surface area contributed by atoms with E-state index in [0.29, 0.717) is 18.2 Å². The highest BCUT2D eigenvalue weighted by atomic mass is 35.5. The molecule has 5 nitrogen and oxygen atoms in total. The van der Waals surface area contributed by atoms with E-state index in [1.54, 1.807) is 0 Å². The summed E-state index contributed by atoms with van der Waals surface area (Å²) in [6, 6.07) is 13.6. The number of nitrogens with one attached hydrogen (secondary N) is 1. The van der Waals surface area contributed by atoms with E-state index < -0.39 is 0 Å². The van der Waals surface area contributed by atoms with Crippen LogP contribution in [0.4, 0.5) is 5.69 Å². The number of carbonyl (C=O) groups is 1. The number of rotatable bonds is 7. The Bertz CT molecular complexity index is 804. The highest BCUT2D eigenvalue weighted by Crippen LogP contribution is 2.23. The first-order valence-corrected chi connectivity index (χ1v) is 10.1. The first-order chi connectivity index (χ1) is 13.5. The summed E-state index contributed by atoms with van der Waals surface area (Å²) in [6.45, 7) is 9.56. The molecule has 0 bridgehead atoms. The van der Waals surface area contributed by atoms with Gasteiger partial charge in [0.15, 0.2) is 0 Å². The van der Waals surface area contributed by atoms with Crippen molar-refractivity contribution >= 4 is 23.2 Å². The molecule has 1 heterocycles. The van der Waals surface area contributed by atoms with E-state index in [0.717, 1.165) is 55.3 Å². The molecule has 28 heavy (non-hydrogen) atoms. The van der Waals surface area contributed by atoms with Crippen molar-refractivity contribution in [1.82, 2.24) is 9.80 Å². The molecule has 3 rings (SSSR count). The van der Waals surface area contributed by atoms with Crippen molar-refractivity contribution in [2.45, 2.75) is 13.8 Å². The Hall–Kier alpha value is -2.08. The average Bonchev–Trinajstić information content (AvgIpc) is 2.67. The van der Waals surface area contributed by atoms with E-state index in [9.17, 15) is 4.79 Å². The van der Waals surface area contributed by atoms with Crippen LogP contribution in [-0.4, -0.2) is 61.6 Å². The van der Waals surface area contributed by atoms with Crippen molar-refractivity contribution in [2.24, 2.45) is 0 Å². The summed E-state index contributed by atoms with van der Waals surface area (Å²) in [6.07, 6.45) is 0. The molecule has 0 spiro atoms. The number of hydrogen-bond acceptors (Lipinski definition) is 4. The molecule has 0 atom stereocenters. The van der Waals surface area contributed by atoms with Crippen molar-refractivity contribution in [2.75, 3.05) is 51.2 Å². The quantitative estimate of drug-likeness (QED) is 0.770. The summed E-state index contributed by atoms with van der Waals surface area (Å²) in [4.78, 5) is 16.9. The number of hydrogen-bond donors (Lipinski definition) is 1. The summed E-state index contributed by atoms with van der Waals surface area (Å²) in [5.74, 6) is 0.773. The van der Waals surface area contributed by atoms with Crippen molar-refractivity contribution < 1.29 is 9.53 Å². The maximum atomic E-state index is 12.4. The van der Waals surface area contributed by atoms with Crippen LogP contribution < -0.4 is 10.1 Å². The van der Waals surface area contributed by atoms with Crippen LogP contribution in [0, 0.1) is 13.8 Å². The molecule has 1 amide bonds. The molecule has 1 aliphatic rings. The SMILES string of the molecule is Cc1ccc(C)c(NC(=O)CN2CCN(CCOc3ccccc3Cl)CC2)c1. The lowest BCUT2D eigenvalue weighted by Crippen LogP contribution is -2.49. The van der Waals surface area contributed by atoms with Crippen molar-refractivity contribution in [3.05, 3.63) is 58.6 Å². The fraction of sp³-hybridized carbons (Fsp3) is 0.409. The van der Waals surface area contributed by atoms with Crippen LogP contribution in [0.5, 0.6) is 5.75 Å². The number of amides is 1. The molecule has 2 aromatic rings. The topological polar surface area (TPSA) is 44.8 Å². The Balaban J connectivity index is 1.37. The standard InChI is InChI=1S/C22H28ClN3O2/c1-17-7-8-18(2)20(15-17)24-22(27)16-26-11-9-25(10-12-26)13-14-28-21-6-4-3-5-19(21)23/h3-8,15H,9-14,16H2,1-2H3,(H,24,27). The summed E-state index contributed by atoms with van der Waals surface area (Å²) in [7, 11) is 0. The Morgan fingerprint density at radius 2 is 1.79 bits per heavy atom. The Labute approximate surface area is 172 Å². The fourth-order valence-electron chi connectivity index (χ4n) is 3.28. The molecule has 0 aromatic heterocycles. The van der Waals surface area contributed by atoms with E-state index in [-0.39, 0.29) is 5.91 Å². The largest absolute Gasteiger partial charge is 0.491 e. The first kappa shape index (κ1) is 20.6. The third kappa shape index (κ3) is 5.96. The number of nitrogens with zero attached hydrogens (tertiary/aromatic N) is 2. The number of benzene rings is 2. The molecule has 1 N–H and O–H groups in total. The van der Waals surface area contributed by atoms with Crippen molar-refractivity contribution in [3.63, 3.8) is 0 Å². The van der Waals surface area contributed by atoms with Gasteiger partial charge in [-0.3, -0.25) is 14.6 Å². The molecule has 0 aliphatic carbocycles. The van der Waals surface area contributed by atoms with E-state index in [4.69, 9.17) is 16.3 Å². The van der Waals surface area contributed by atoms with Crippen LogP contribution in [0.1, 0.15) is 11.1 Å². The zero-order valence-corrected chi connectivity index (χ0v) is 17.3. The van der Waals surface area contributed by atoms with Gasteiger partial charge in [0.05, 0.1) is 11.6 Å². The average molecular weight is 402 g/mol. The molecule has 2 aromatic carbocycles. The monoisotopic (exact) mass is 401 g/mol. The second kappa shape index (κ2) is 9.92. The van der Waals surface area contributed by atoms with Gasteiger partial charge in [-0.05, 0) is 43.2 Å². The number of ether oxygens (including phenoxy) is 1. The second-order valence-corrected chi connectivity index (χ2v) is 7.67. The number of carbonyl (C=O) groups excluding carboxylic acids is 1. The van der Waals surface area contributed by atoms with Crippen LogP contribution in [0.2, 0.25) is 5.02 Å². The molecule has 1 fully saturated rings. The molecule has 0 radical (unpaired) electrons. The van der Waals surface area contributed by atoms with E-state index in [1.165, 1.54) is 0 Å². The maximum absolute atomic E-state index is 12.4. The maximum Gasteiger partial charge on any atom is 0.238 e. The summed E-state index contributed by atoms with van der Waals surface area (Å²) in [5, 5.41) is 3.68. The molecule has 0 saturated carbocycles. The van der Waals surface area contributed by atoms with Gasteiger partial charge in [0.2, 0.25) is 5.91 Å². The van der Waals surface area contributed by atoms with Gasteiger partial charge in [0, 0.05) is 38.4 Å². The zero-order chi connectivity index (χ0) is 19.9. The van der Waals surface area contributed by atoms with Gasteiger partial charge in [-0.1, -0.05) is 35.9 Å². The minimum atomic E-state index is 0.0456. The number of aryl methyl sites for hydroxylation is 2. The van der Waals surface area contributed by atoms with Crippen LogP contribution >= 0.6 is 11.6 Å². The lowest BCUT2D eigenvalue weighted by molar-refractivity contribution is -0.117. The molecule has 1 saturated heterocycles. The lowest BCUT2D eigenvalue weighted by Gasteiger charge is -2.34. The van der Waals surface area contributed by atoms with E-state index >= 15 is 0 Å². The molecule has 6 heteroatoms. The predicted octanol–water partition coefficient (Wildman–Crippen LogP) is 3.59. The molecule has 150 valence electrons. The van der Waals surface area contributed by atoms with Gasteiger partial charge < -0.3 is 10.1 Å². The van der Waals surface area contributed by atoms with Gasteiger partial charge in [-0.15, -0.1) is 0 Å². The predicted molar refractivity (Wildman–Crippen MR) is 114 cm³/mol. The minimum Gasteiger partial charge on any atom is -0.491 e. The fourth-order valence-corrected chi connectivity index (χ4v) is 3.47. The van der Waals surface area contributed by atoms with Crippen LogP contribution in [-0.2, 0) is 4.79 Å². The normalized spacial score (nSPS) is 15.4. The lowest BCUT2D eigenvalue weighted by atomic mass is 10.1. The van der Waals surface area contributed by atoms with Crippen LogP contribution in [0.25, 0.3) is 0 Å². The highest BCUT2D eigenvalue weighted by Gasteiger charge is 2.19. The van der Waals surface area contributed by atoms with Crippen molar-refractivity contribution in [3.8, 4) is 5.75 Å². The number of piperazine rings is 1. The van der Waals surface area contributed by atoms with Gasteiger partial charge in [0.1, 0.15) is 12.4 Å². The Morgan fingerprint density at radius 3 is 2.54 bits per heavy atom. The Morgan fingerprint density at radius 1 is 1.07 bits per heavy atom. The minimum absolute atomic E-state index is 0.0456. The molecular weight excluding hydrogens is 374 g/mol. The van der Waals surface area contributed by atoms with Gasteiger partial charge in [-0.25, -0.2) is 0 Å². The smallest absolute Gasteiger partial charge is 0.238 e. The number of anilines is 1. The summed E-state index contributed by atoms with van der Waals surface area (Å²) >= 11 is 6.11. The first-order valence-electron chi connectivity index (χ1n) is 9.70. The Kier molecular flexibility index (Phi) is 7.31. The van der Waals surface area contributed by atoms with Gasteiger partial charge in [-0.2, -0.15) is 0 Å². The van der Waals surface area contributed by atoms with Crippen LogP contribution in [0.15, 0.2) is 42.5 Å². The highest BCUT2D eigenvalue weighted by molar-refractivity contribution is 6.32.